The summed E-state index contributed by atoms with van der Waals surface area (Å²) in [6.45, 7) is 11.3. The molecule has 3 fully saturated rings. The van der Waals surface area contributed by atoms with E-state index in [0.29, 0.717) is 44.7 Å². The molecule has 2 atom stereocenters. The van der Waals surface area contributed by atoms with Gasteiger partial charge in [-0.3, -0.25) is 9.78 Å². The summed E-state index contributed by atoms with van der Waals surface area (Å²) in [6, 6.07) is 1.97. The minimum atomic E-state index is -0.335. The Bertz CT molecular complexity index is 800. The monoisotopic (exact) mass is 449 g/mol. The number of nitrogens with zero attached hydrogens (tertiary/aromatic N) is 3. The zero-order valence-corrected chi connectivity index (χ0v) is 19.4. The lowest BCUT2D eigenvalue weighted by atomic mass is 9.77. The van der Waals surface area contributed by atoms with Crippen molar-refractivity contribution >= 4 is 11.6 Å². The zero-order chi connectivity index (χ0) is 22.7. The van der Waals surface area contributed by atoms with Crippen LogP contribution < -0.4 is 15.5 Å². The molecule has 9 heteroatoms. The maximum atomic E-state index is 14.1. The molecule has 178 valence electrons. The number of carbonyl (C=O) groups is 1. The molecule has 2 bridgehead atoms. The maximum Gasteiger partial charge on any atom is 0.222 e. The van der Waals surface area contributed by atoms with Crippen LogP contribution in [0.5, 0.6) is 0 Å². The lowest BCUT2D eigenvalue weighted by molar-refractivity contribution is -0.138. The van der Waals surface area contributed by atoms with E-state index >= 15 is 0 Å². The molecule has 0 saturated carbocycles. The van der Waals surface area contributed by atoms with Crippen molar-refractivity contribution in [2.45, 2.75) is 58.0 Å². The number of halogens is 1. The van der Waals surface area contributed by atoms with Gasteiger partial charge in [0, 0.05) is 76.9 Å². The second-order valence-electron chi connectivity index (χ2n) is 8.94. The molecule has 2 N–H and O–H groups in total. The quantitative estimate of drug-likeness (QED) is 0.496. The van der Waals surface area contributed by atoms with Gasteiger partial charge in [0.15, 0.2) is 6.29 Å². The van der Waals surface area contributed by atoms with Crippen molar-refractivity contribution < 1.29 is 18.7 Å². The zero-order valence-electron chi connectivity index (χ0n) is 19.4. The van der Waals surface area contributed by atoms with E-state index in [0.717, 1.165) is 44.0 Å². The number of fused-ring (bicyclic) bond motifs is 2. The number of ether oxygens (including phenoxy) is 2. The first kappa shape index (κ1) is 23.4. The molecule has 32 heavy (non-hydrogen) atoms. The Balaban J connectivity index is 1.40. The number of nitrogens with one attached hydrogen (secondary N) is 2. The maximum absolute atomic E-state index is 14.1. The highest BCUT2D eigenvalue weighted by atomic mass is 19.1. The Morgan fingerprint density at radius 3 is 2.72 bits per heavy atom. The van der Waals surface area contributed by atoms with Crippen LogP contribution in [0.1, 0.15) is 39.3 Å². The van der Waals surface area contributed by atoms with E-state index in [1.54, 1.807) is 6.07 Å². The molecule has 3 aliphatic heterocycles. The Hall–Kier alpha value is -1.81. The summed E-state index contributed by atoms with van der Waals surface area (Å²) in [6.07, 6.45) is 2.51. The number of amides is 1. The van der Waals surface area contributed by atoms with Crippen LogP contribution in [-0.2, 0) is 20.8 Å². The van der Waals surface area contributed by atoms with E-state index in [-0.39, 0.29) is 23.6 Å². The third-order valence-electron chi connectivity index (χ3n) is 7.05. The van der Waals surface area contributed by atoms with Crippen LogP contribution in [0, 0.1) is 11.7 Å². The van der Waals surface area contributed by atoms with E-state index < -0.39 is 0 Å². The van der Waals surface area contributed by atoms with Gasteiger partial charge in [-0.2, -0.15) is 0 Å². The fraction of sp³-hybridized carbons (Fsp3) is 0.739. The highest BCUT2D eigenvalue weighted by Crippen LogP contribution is 2.45. The Labute approximate surface area is 189 Å². The Morgan fingerprint density at radius 1 is 1.31 bits per heavy atom. The average Bonchev–Trinajstić information content (AvgIpc) is 3.33. The van der Waals surface area contributed by atoms with Gasteiger partial charge in [0.25, 0.3) is 0 Å². The van der Waals surface area contributed by atoms with Crippen LogP contribution in [0.4, 0.5) is 10.1 Å². The minimum Gasteiger partial charge on any atom is -0.369 e. The van der Waals surface area contributed by atoms with Gasteiger partial charge in [-0.05, 0) is 20.3 Å². The normalized spacial score (nSPS) is 25.1. The van der Waals surface area contributed by atoms with E-state index in [1.807, 2.05) is 20.8 Å². The Morgan fingerprint density at radius 2 is 2.06 bits per heavy atom. The van der Waals surface area contributed by atoms with Crippen molar-refractivity contribution in [3.05, 3.63) is 23.8 Å². The van der Waals surface area contributed by atoms with Gasteiger partial charge >= 0.3 is 0 Å². The van der Waals surface area contributed by atoms with Crippen molar-refractivity contribution in [2.75, 3.05) is 50.8 Å². The number of rotatable bonds is 11. The van der Waals surface area contributed by atoms with E-state index in [1.165, 1.54) is 6.20 Å². The van der Waals surface area contributed by atoms with Crippen LogP contribution in [0.2, 0.25) is 0 Å². The first-order valence-corrected chi connectivity index (χ1v) is 11.9. The predicted molar refractivity (Wildman–Crippen MR) is 120 cm³/mol. The smallest absolute Gasteiger partial charge is 0.222 e. The number of aromatic nitrogens is 1. The van der Waals surface area contributed by atoms with Crippen molar-refractivity contribution in [3.63, 3.8) is 0 Å². The molecule has 3 aliphatic rings. The predicted octanol–water partition coefficient (Wildman–Crippen LogP) is 1.50. The summed E-state index contributed by atoms with van der Waals surface area (Å²) in [5.41, 5.74) is 1.53. The van der Waals surface area contributed by atoms with Crippen LogP contribution in [-0.4, -0.2) is 79.6 Å². The molecule has 0 radical (unpaired) electrons. The van der Waals surface area contributed by atoms with Crippen molar-refractivity contribution in [1.29, 1.82) is 0 Å². The number of hydrogen-bond donors (Lipinski definition) is 2. The number of hydrogen-bond acceptors (Lipinski definition) is 7. The molecule has 1 amide bonds. The van der Waals surface area contributed by atoms with Gasteiger partial charge in [-0.15, -0.1) is 0 Å². The van der Waals surface area contributed by atoms with Gasteiger partial charge < -0.3 is 29.9 Å². The SMILES string of the molecule is CCOC(CNCc1ncc(F)cc1N1CC([C@@]23CN[C@H](CN2C(=O)CC)C3)C1)OCC. The third-order valence-corrected chi connectivity index (χ3v) is 7.05. The summed E-state index contributed by atoms with van der Waals surface area (Å²) in [5.74, 6) is 0.281. The van der Waals surface area contributed by atoms with Crippen LogP contribution >= 0.6 is 0 Å². The van der Waals surface area contributed by atoms with E-state index in [2.05, 4.69) is 25.4 Å². The molecular formula is C23H36FN5O3. The van der Waals surface area contributed by atoms with Crippen LogP contribution in [0.25, 0.3) is 0 Å². The number of carbonyl (C=O) groups excluding carboxylic acids is 1. The molecule has 8 nitrogen and oxygen atoms in total. The van der Waals surface area contributed by atoms with Crippen LogP contribution in [0.3, 0.4) is 0 Å². The number of likely N-dealkylation sites (tertiary alicyclic amines) is 1. The molecule has 1 aromatic heterocycles. The number of pyridine rings is 1. The molecule has 0 aliphatic carbocycles. The molecule has 4 rings (SSSR count). The topological polar surface area (TPSA) is 79.0 Å². The van der Waals surface area contributed by atoms with Crippen molar-refractivity contribution in [3.8, 4) is 0 Å². The molecule has 0 unspecified atom stereocenters. The van der Waals surface area contributed by atoms with Gasteiger partial charge in [-0.25, -0.2) is 4.39 Å². The second-order valence-corrected chi connectivity index (χ2v) is 8.94. The molecular weight excluding hydrogens is 413 g/mol. The molecule has 3 saturated heterocycles. The Kier molecular flexibility index (Phi) is 7.29. The summed E-state index contributed by atoms with van der Waals surface area (Å²) >= 11 is 0. The minimum absolute atomic E-state index is 0.102. The van der Waals surface area contributed by atoms with Crippen molar-refractivity contribution in [1.82, 2.24) is 20.5 Å². The first-order valence-electron chi connectivity index (χ1n) is 11.9. The molecule has 0 spiro atoms. The highest BCUT2D eigenvalue weighted by molar-refractivity contribution is 5.78. The lowest BCUT2D eigenvalue weighted by Gasteiger charge is -2.53. The van der Waals surface area contributed by atoms with Gasteiger partial charge in [0.05, 0.1) is 23.1 Å². The summed E-state index contributed by atoms with van der Waals surface area (Å²) < 4.78 is 25.2. The first-order chi connectivity index (χ1) is 15.5. The summed E-state index contributed by atoms with van der Waals surface area (Å²) in [5, 5.41) is 6.90. The fourth-order valence-electron chi connectivity index (χ4n) is 5.43. The number of anilines is 1. The van der Waals surface area contributed by atoms with Gasteiger partial charge in [0.1, 0.15) is 5.82 Å². The van der Waals surface area contributed by atoms with Gasteiger partial charge in [0.2, 0.25) is 5.91 Å². The van der Waals surface area contributed by atoms with E-state index in [9.17, 15) is 9.18 Å². The largest absolute Gasteiger partial charge is 0.369 e. The molecule has 1 aromatic rings. The summed E-state index contributed by atoms with van der Waals surface area (Å²) in [4.78, 5) is 21.2. The van der Waals surface area contributed by atoms with Crippen LogP contribution in [0.15, 0.2) is 12.3 Å². The van der Waals surface area contributed by atoms with Crippen molar-refractivity contribution in [2.24, 2.45) is 5.92 Å². The second kappa shape index (κ2) is 9.99. The van der Waals surface area contributed by atoms with Gasteiger partial charge in [-0.1, -0.05) is 6.92 Å². The standard InChI is InChI=1S/C23H36FN5O3/c1-4-21(30)29-14-18-8-23(29,15-27-18)16-12-28(13-16)20-7-17(24)9-26-19(20)10-25-11-22(31-5-2)32-6-3/h7,9,16,18,22,25,27H,4-6,8,10-15H2,1-3H3/t18-,23+/m0/s1. The number of piperazine rings is 1. The lowest BCUT2D eigenvalue weighted by Crippen LogP contribution is -2.67. The average molecular weight is 450 g/mol. The molecule has 4 heterocycles. The fourth-order valence-corrected chi connectivity index (χ4v) is 5.43. The van der Waals surface area contributed by atoms with E-state index in [4.69, 9.17) is 9.47 Å². The summed E-state index contributed by atoms with van der Waals surface area (Å²) in [7, 11) is 0. The third kappa shape index (κ3) is 4.48. The molecule has 0 aromatic carbocycles. The highest BCUT2D eigenvalue weighted by Gasteiger charge is 2.59.